The molecule has 0 saturated carbocycles. The third-order valence-corrected chi connectivity index (χ3v) is 8.92. The molecule has 136 valence electrons. The van der Waals surface area contributed by atoms with Gasteiger partial charge in [-0.2, -0.15) is 4.31 Å². The van der Waals surface area contributed by atoms with Gasteiger partial charge in [-0.15, -0.1) is 11.3 Å². The van der Waals surface area contributed by atoms with Crippen LogP contribution >= 0.6 is 11.3 Å². The molecule has 2 aliphatic heterocycles. The fourth-order valence-electron chi connectivity index (χ4n) is 3.74. The van der Waals surface area contributed by atoms with E-state index in [0.29, 0.717) is 29.4 Å². The highest BCUT2D eigenvalue weighted by Gasteiger charge is 2.33. The van der Waals surface area contributed by atoms with Crippen molar-refractivity contribution in [2.75, 3.05) is 33.3 Å². The van der Waals surface area contributed by atoms with E-state index in [-0.39, 0.29) is 0 Å². The first kappa shape index (κ1) is 18.3. The van der Waals surface area contributed by atoms with Crippen LogP contribution in [-0.4, -0.2) is 63.1 Å². The Kier molecular flexibility index (Phi) is 5.98. The van der Waals surface area contributed by atoms with Gasteiger partial charge in [-0.1, -0.05) is 6.92 Å². The molecular weight excluding hydrogens is 344 g/mol. The van der Waals surface area contributed by atoms with Gasteiger partial charge in [0, 0.05) is 44.2 Å². The molecular formula is C17H28N2O3S2. The van der Waals surface area contributed by atoms with E-state index in [1.165, 1.54) is 11.3 Å². The van der Waals surface area contributed by atoms with Crippen molar-refractivity contribution >= 4 is 21.4 Å². The van der Waals surface area contributed by atoms with Crippen molar-refractivity contribution in [3.05, 3.63) is 17.0 Å². The number of rotatable bonds is 5. The number of aryl methyl sites for hydroxylation is 1. The minimum atomic E-state index is -3.30. The summed E-state index contributed by atoms with van der Waals surface area (Å²) in [4.78, 5) is 3.66. The van der Waals surface area contributed by atoms with Gasteiger partial charge >= 0.3 is 0 Å². The van der Waals surface area contributed by atoms with Crippen molar-refractivity contribution in [3.63, 3.8) is 0 Å². The normalized spacial score (nSPS) is 22.9. The molecule has 0 bridgehead atoms. The number of ether oxygens (including phenoxy) is 1. The Morgan fingerprint density at radius 2 is 1.79 bits per heavy atom. The zero-order valence-corrected chi connectivity index (χ0v) is 16.2. The Hall–Kier alpha value is -0.470. The topological polar surface area (TPSA) is 49.9 Å². The summed E-state index contributed by atoms with van der Waals surface area (Å²) in [6, 6.07) is 4.22. The molecule has 7 heteroatoms. The number of hydrogen-bond acceptors (Lipinski definition) is 5. The summed E-state index contributed by atoms with van der Waals surface area (Å²) in [7, 11) is -1.51. The Bertz CT molecular complexity index is 628. The van der Waals surface area contributed by atoms with E-state index in [1.807, 2.05) is 6.07 Å². The molecule has 3 rings (SSSR count). The molecule has 0 radical (unpaired) electrons. The van der Waals surface area contributed by atoms with Gasteiger partial charge < -0.3 is 9.64 Å². The van der Waals surface area contributed by atoms with Crippen molar-refractivity contribution in [2.45, 2.75) is 55.4 Å². The minimum Gasteiger partial charge on any atom is -0.381 e. The van der Waals surface area contributed by atoms with Crippen LogP contribution < -0.4 is 0 Å². The Morgan fingerprint density at radius 3 is 2.33 bits per heavy atom. The molecule has 2 aliphatic rings. The van der Waals surface area contributed by atoms with Crippen LogP contribution in [0.2, 0.25) is 0 Å². The van der Waals surface area contributed by atoms with Crippen molar-refractivity contribution in [3.8, 4) is 0 Å². The molecule has 0 atom stereocenters. The summed E-state index contributed by atoms with van der Waals surface area (Å²) < 4.78 is 33.2. The standard InChI is InChI=1S/C17H28N2O3S2/c1-3-16-4-5-17(23-16)24(20,21)19-12-6-14(7-13-19)18-10-8-15(22-2)9-11-18/h4-5,14-15H,3,6-13H2,1-2H3. The lowest BCUT2D eigenvalue weighted by molar-refractivity contribution is 0.0190. The van der Waals surface area contributed by atoms with Crippen LogP contribution in [0.3, 0.4) is 0 Å². The highest BCUT2D eigenvalue weighted by atomic mass is 32.2. The van der Waals surface area contributed by atoms with Crippen LogP contribution in [0.5, 0.6) is 0 Å². The fourth-order valence-corrected chi connectivity index (χ4v) is 6.66. The van der Waals surface area contributed by atoms with Gasteiger partial charge in [0.15, 0.2) is 0 Å². The molecule has 1 aromatic rings. The van der Waals surface area contributed by atoms with Gasteiger partial charge in [-0.25, -0.2) is 8.42 Å². The van der Waals surface area contributed by atoms with Crippen molar-refractivity contribution in [1.82, 2.24) is 9.21 Å². The van der Waals surface area contributed by atoms with Gasteiger partial charge in [-0.05, 0) is 44.2 Å². The van der Waals surface area contributed by atoms with E-state index in [1.54, 1.807) is 17.5 Å². The summed E-state index contributed by atoms with van der Waals surface area (Å²) in [6.45, 7) is 5.47. The summed E-state index contributed by atoms with van der Waals surface area (Å²) in [5, 5.41) is 0. The molecule has 0 aliphatic carbocycles. The quantitative estimate of drug-likeness (QED) is 0.797. The van der Waals surface area contributed by atoms with Gasteiger partial charge in [0.1, 0.15) is 4.21 Å². The lowest BCUT2D eigenvalue weighted by atomic mass is 10.00. The first-order valence-electron chi connectivity index (χ1n) is 8.90. The van der Waals surface area contributed by atoms with E-state index in [4.69, 9.17) is 4.74 Å². The highest BCUT2D eigenvalue weighted by Crippen LogP contribution is 2.29. The maximum Gasteiger partial charge on any atom is 0.252 e. The second-order valence-corrected chi connectivity index (χ2v) is 10.0. The van der Waals surface area contributed by atoms with Crippen LogP contribution in [0, 0.1) is 0 Å². The molecule has 0 amide bonds. The van der Waals surface area contributed by atoms with E-state index in [2.05, 4.69) is 11.8 Å². The third kappa shape index (κ3) is 3.85. The number of sulfonamides is 1. The first-order valence-corrected chi connectivity index (χ1v) is 11.2. The van der Waals surface area contributed by atoms with Gasteiger partial charge in [0.2, 0.25) is 0 Å². The fraction of sp³-hybridized carbons (Fsp3) is 0.765. The monoisotopic (exact) mass is 372 g/mol. The van der Waals surface area contributed by atoms with E-state index < -0.39 is 10.0 Å². The lowest BCUT2D eigenvalue weighted by Gasteiger charge is -2.41. The Morgan fingerprint density at radius 1 is 1.12 bits per heavy atom. The van der Waals surface area contributed by atoms with E-state index in [0.717, 1.165) is 50.1 Å². The Labute approximate surface area is 149 Å². The molecule has 0 N–H and O–H groups in total. The second-order valence-electron chi connectivity index (χ2n) is 6.68. The molecule has 5 nitrogen and oxygen atoms in total. The summed E-state index contributed by atoms with van der Waals surface area (Å²) in [5.41, 5.74) is 0. The smallest absolute Gasteiger partial charge is 0.252 e. The van der Waals surface area contributed by atoms with Crippen molar-refractivity contribution in [1.29, 1.82) is 0 Å². The van der Waals surface area contributed by atoms with Crippen LogP contribution in [0.15, 0.2) is 16.3 Å². The van der Waals surface area contributed by atoms with Crippen molar-refractivity contribution in [2.24, 2.45) is 0 Å². The third-order valence-electron chi connectivity index (χ3n) is 5.33. The zero-order valence-electron chi connectivity index (χ0n) is 14.6. The number of likely N-dealkylation sites (tertiary alicyclic amines) is 1. The van der Waals surface area contributed by atoms with Gasteiger partial charge in [-0.3, -0.25) is 0 Å². The number of piperidine rings is 2. The predicted octanol–water partition coefficient (Wildman–Crippen LogP) is 2.57. The predicted molar refractivity (Wildman–Crippen MR) is 97.1 cm³/mol. The molecule has 0 aromatic carbocycles. The van der Waals surface area contributed by atoms with Crippen LogP contribution in [0.25, 0.3) is 0 Å². The number of methoxy groups -OCH3 is 1. The SMILES string of the molecule is CCc1ccc(S(=O)(=O)N2CCC(N3CCC(OC)CC3)CC2)s1. The first-order chi connectivity index (χ1) is 11.5. The van der Waals surface area contributed by atoms with Crippen LogP contribution in [0.4, 0.5) is 0 Å². The Balaban J connectivity index is 1.56. The summed E-state index contributed by atoms with van der Waals surface area (Å²) in [6.07, 6.45) is 5.33. The number of thiophene rings is 1. The zero-order chi connectivity index (χ0) is 17.2. The van der Waals surface area contributed by atoms with Gasteiger partial charge in [0.05, 0.1) is 6.10 Å². The summed E-state index contributed by atoms with van der Waals surface area (Å²) >= 11 is 1.41. The second kappa shape index (κ2) is 7.83. The maximum atomic E-state index is 12.8. The summed E-state index contributed by atoms with van der Waals surface area (Å²) in [5.74, 6) is 0. The molecule has 0 spiro atoms. The van der Waals surface area contributed by atoms with Crippen molar-refractivity contribution < 1.29 is 13.2 Å². The average molecular weight is 373 g/mol. The molecule has 1 aromatic heterocycles. The minimum absolute atomic E-state index is 0.397. The van der Waals surface area contributed by atoms with E-state index in [9.17, 15) is 8.42 Å². The number of hydrogen-bond donors (Lipinski definition) is 0. The molecule has 3 heterocycles. The van der Waals surface area contributed by atoms with Crippen LogP contribution in [0.1, 0.15) is 37.5 Å². The lowest BCUT2D eigenvalue weighted by Crippen LogP contribution is -2.49. The van der Waals surface area contributed by atoms with Crippen LogP contribution in [-0.2, 0) is 21.2 Å². The average Bonchev–Trinajstić information content (AvgIpc) is 3.12. The molecule has 2 saturated heterocycles. The highest BCUT2D eigenvalue weighted by molar-refractivity contribution is 7.91. The molecule has 24 heavy (non-hydrogen) atoms. The van der Waals surface area contributed by atoms with Gasteiger partial charge in [0.25, 0.3) is 10.0 Å². The molecule has 0 unspecified atom stereocenters. The molecule has 2 fully saturated rings. The van der Waals surface area contributed by atoms with E-state index >= 15 is 0 Å². The largest absolute Gasteiger partial charge is 0.381 e. The maximum absolute atomic E-state index is 12.8. The number of nitrogens with zero attached hydrogens (tertiary/aromatic N) is 2.